The summed E-state index contributed by atoms with van der Waals surface area (Å²) in [5, 5.41) is 11.2. The molecular formula is C15H17ClO4. The van der Waals surface area contributed by atoms with Crippen LogP contribution < -0.4 is 0 Å². The first-order valence-corrected chi connectivity index (χ1v) is 7.22. The first-order chi connectivity index (χ1) is 9.53. The molecule has 2 fully saturated rings. The SMILES string of the molecule is O=C(c1ccc(Cl)cc1)C1(O)CCC2(CC1)OCCO2. The van der Waals surface area contributed by atoms with E-state index in [1.807, 2.05) is 0 Å². The molecule has 0 aromatic heterocycles. The summed E-state index contributed by atoms with van der Waals surface area (Å²) < 4.78 is 11.2. The Bertz CT molecular complexity index is 495. The number of halogens is 1. The molecular weight excluding hydrogens is 280 g/mol. The van der Waals surface area contributed by atoms with Crippen LogP contribution in [0.2, 0.25) is 5.02 Å². The van der Waals surface area contributed by atoms with Crippen molar-refractivity contribution in [2.75, 3.05) is 13.2 Å². The fraction of sp³-hybridized carbons (Fsp3) is 0.533. The molecule has 1 saturated heterocycles. The van der Waals surface area contributed by atoms with Gasteiger partial charge in [-0.1, -0.05) is 11.6 Å². The first-order valence-electron chi connectivity index (χ1n) is 6.84. The second kappa shape index (κ2) is 5.11. The number of hydrogen-bond acceptors (Lipinski definition) is 4. The molecule has 1 heterocycles. The van der Waals surface area contributed by atoms with E-state index in [-0.39, 0.29) is 5.78 Å². The van der Waals surface area contributed by atoms with Gasteiger partial charge in [-0.15, -0.1) is 0 Å². The molecule has 1 spiro atoms. The molecule has 1 saturated carbocycles. The summed E-state index contributed by atoms with van der Waals surface area (Å²) in [6.45, 7) is 1.17. The van der Waals surface area contributed by atoms with E-state index >= 15 is 0 Å². The lowest BCUT2D eigenvalue weighted by molar-refractivity contribution is -0.195. The molecule has 1 aromatic carbocycles. The third kappa shape index (κ3) is 2.49. The van der Waals surface area contributed by atoms with Crippen LogP contribution in [-0.4, -0.2) is 35.5 Å². The molecule has 0 unspecified atom stereocenters. The van der Waals surface area contributed by atoms with Gasteiger partial charge in [-0.3, -0.25) is 4.79 Å². The average molecular weight is 297 g/mol. The van der Waals surface area contributed by atoms with E-state index in [1.165, 1.54) is 0 Å². The summed E-state index contributed by atoms with van der Waals surface area (Å²) in [6, 6.07) is 6.61. The lowest BCUT2D eigenvalue weighted by Gasteiger charge is -2.39. The highest BCUT2D eigenvalue weighted by Crippen LogP contribution is 2.41. The highest BCUT2D eigenvalue weighted by Gasteiger charge is 2.48. The van der Waals surface area contributed by atoms with Crippen LogP contribution in [0.1, 0.15) is 36.0 Å². The Morgan fingerprint density at radius 2 is 1.60 bits per heavy atom. The molecule has 0 atom stereocenters. The number of hydrogen-bond donors (Lipinski definition) is 1. The Morgan fingerprint density at radius 1 is 1.05 bits per heavy atom. The van der Waals surface area contributed by atoms with Gasteiger partial charge in [-0.05, 0) is 37.1 Å². The van der Waals surface area contributed by atoms with Crippen molar-refractivity contribution in [2.45, 2.75) is 37.1 Å². The van der Waals surface area contributed by atoms with Crippen LogP contribution in [0.3, 0.4) is 0 Å². The lowest BCUT2D eigenvalue weighted by atomic mass is 9.77. The second-order valence-electron chi connectivity index (χ2n) is 5.48. The normalized spacial score (nSPS) is 23.9. The van der Waals surface area contributed by atoms with Crippen LogP contribution in [-0.2, 0) is 9.47 Å². The minimum absolute atomic E-state index is 0.248. The number of ether oxygens (including phenoxy) is 2. The number of ketones is 1. The van der Waals surface area contributed by atoms with Crippen LogP contribution in [0.25, 0.3) is 0 Å². The Balaban J connectivity index is 1.73. The van der Waals surface area contributed by atoms with Gasteiger partial charge < -0.3 is 14.6 Å². The van der Waals surface area contributed by atoms with E-state index in [0.29, 0.717) is 49.5 Å². The highest BCUT2D eigenvalue weighted by molar-refractivity contribution is 6.30. The van der Waals surface area contributed by atoms with E-state index in [4.69, 9.17) is 21.1 Å². The number of carbonyl (C=O) groups is 1. The monoisotopic (exact) mass is 296 g/mol. The molecule has 108 valence electrons. The third-order valence-electron chi connectivity index (χ3n) is 4.18. The van der Waals surface area contributed by atoms with Crippen LogP contribution in [0.4, 0.5) is 0 Å². The predicted octanol–water partition coefficient (Wildman–Crippen LogP) is 2.57. The quantitative estimate of drug-likeness (QED) is 0.852. The van der Waals surface area contributed by atoms with Crippen molar-refractivity contribution >= 4 is 17.4 Å². The van der Waals surface area contributed by atoms with Crippen molar-refractivity contribution in [1.29, 1.82) is 0 Å². The smallest absolute Gasteiger partial charge is 0.194 e. The number of aliphatic hydroxyl groups is 1. The van der Waals surface area contributed by atoms with Crippen molar-refractivity contribution < 1.29 is 19.4 Å². The van der Waals surface area contributed by atoms with Crippen molar-refractivity contribution in [1.82, 2.24) is 0 Å². The van der Waals surface area contributed by atoms with Crippen molar-refractivity contribution in [2.24, 2.45) is 0 Å². The topological polar surface area (TPSA) is 55.8 Å². The maximum atomic E-state index is 12.5. The predicted molar refractivity (Wildman–Crippen MR) is 73.8 cm³/mol. The minimum atomic E-state index is -1.33. The van der Waals surface area contributed by atoms with E-state index in [9.17, 15) is 9.90 Å². The van der Waals surface area contributed by atoms with Gasteiger partial charge in [0.1, 0.15) is 5.60 Å². The fourth-order valence-electron chi connectivity index (χ4n) is 2.93. The van der Waals surface area contributed by atoms with E-state index in [2.05, 4.69) is 0 Å². The summed E-state index contributed by atoms with van der Waals surface area (Å²) >= 11 is 5.81. The van der Waals surface area contributed by atoms with Crippen LogP contribution in [0.5, 0.6) is 0 Å². The highest BCUT2D eigenvalue weighted by atomic mass is 35.5. The molecule has 20 heavy (non-hydrogen) atoms. The van der Waals surface area contributed by atoms with Gasteiger partial charge in [0.15, 0.2) is 11.6 Å². The van der Waals surface area contributed by atoms with Crippen LogP contribution >= 0.6 is 11.6 Å². The van der Waals surface area contributed by atoms with Gasteiger partial charge in [-0.2, -0.15) is 0 Å². The zero-order valence-corrected chi connectivity index (χ0v) is 11.9. The summed E-state index contributed by atoms with van der Waals surface area (Å²) in [7, 11) is 0. The molecule has 1 N–H and O–H groups in total. The van der Waals surface area contributed by atoms with Gasteiger partial charge in [0.25, 0.3) is 0 Å². The fourth-order valence-corrected chi connectivity index (χ4v) is 3.05. The molecule has 0 radical (unpaired) electrons. The van der Waals surface area contributed by atoms with E-state index in [0.717, 1.165) is 0 Å². The molecule has 0 amide bonds. The van der Waals surface area contributed by atoms with E-state index in [1.54, 1.807) is 24.3 Å². The van der Waals surface area contributed by atoms with Crippen molar-refractivity contribution in [3.63, 3.8) is 0 Å². The third-order valence-corrected chi connectivity index (χ3v) is 4.43. The van der Waals surface area contributed by atoms with E-state index < -0.39 is 11.4 Å². The summed E-state index contributed by atoms with van der Waals surface area (Å²) in [4.78, 5) is 12.5. The zero-order chi connectivity index (χ0) is 14.2. The molecule has 0 bridgehead atoms. The Morgan fingerprint density at radius 3 is 2.15 bits per heavy atom. The molecule has 4 nitrogen and oxygen atoms in total. The minimum Gasteiger partial charge on any atom is -0.382 e. The summed E-state index contributed by atoms with van der Waals surface area (Å²) in [6.07, 6.45) is 1.80. The number of Topliss-reactive ketones (excluding diaryl/α,β-unsaturated/α-hetero) is 1. The van der Waals surface area contributed by atoms with Crippen LogP contribution in [0.15, 0.2) is 24.3 Å². The Kier molecular flexibility index (Phi) is 3.58. The first kappa shape index (κ1) is 14.0. The number of carbonyl (C=O) groups excluding carboxylic acids is 1. The molecule has 1 aromatic rings. The van der Waals surface area contributed by atoms with Crippen molar-refractivity contribution in [3.8, 4) is 0 Å². The van der Waals surface area contributed by atoms with Crippen molar-refractivity contribution in [3.05, 3.63) is 34.9 Å². The molecule has 1 aliphatic heterocycles. The average Bonchev–Trinajstić information content (AvgIpc) is 2.92. The summed E-state index contributed by atoms with van der Waals surface area (Å²) in [5.74, 6) is -0.825. The molecule has 3 rings (SSSR count). The van der Waals surface area contributed by atoms with Gasteiger partial charge in [0, 0.05) is 23.4 Å². The largest absolute Gasteiger partial charge is 0.382 e. The number of rotatable bonds is 2. The zero-order valence-electron chi connectivity index (χ0n) is 11.1. The standard InChI is InChI=1S/C15H17ClO4/c16-12-3-1-11(2-4-12)13(17)14(18)5-7-15(8-6-14)19-9-10-20-15/h1-4,18H,5-10H2. The molecule has 2 aliphatic rings. The maximum Gasteiger partial charge on any atom is 0.194 e. The van der Waals surface area contributed by atoms with Gasteiger partial charge in [0.05, 0.1) is 13.2 Å². The molecule has 1 aliphatic carbocycles. The van der Waals surface area contributed by atoms with Gasteiger partial charge in [0.2, 0.25) is 0 Å². The second-order valence-corrected chi connectivity index (χ2v) is 5.91. The van der Waals surface area contributed by atoms with Gasteiger partial charge in [-0.25, -0.2) is 0 Å². The lowest BCUT2D eigenvalue weighted by Crippen LogP contribution is -2.48. The molecule has 5 heteroatoms. The van der Waals surface area contributed by atoms with Gasteiger partial charge >= 0.3 is 0 Å². The Hall–Kier alpha value is -0.940. The Labute approximate surface area is 122 Å². The number of benzene rings is 1. The van der Waals surface area contributed by atoms with Crippen LogP contribution in [0, 0.1) is 0 Å². The maximum absolute atomic E-state index is 12.5. The summed E-state index contributed by atoms with van der Waals surface area (Å²) in [5.41, 5.74) is -0.838.